The average molecular weight is 381 g/mol. The third-order valence-electron chi connectivity index (χ3n) is 3.05. The van der Waals surface area contributed by atoms with Gasteiger partial charge in [-0.1, -0.05) is 30.0 Å². The molecule has 0 aliphatic rings. The molecule has 25 heavy (non-hydrogen) atoms. The highest BCUT2D eigenvalue weighted by molar-refractivity contribution is 8.01. The maximum absolute atomic E-state index is 12.1. The maximum atomic E-state index is 12.1. The minimum atomic E-state index is -0.305. The molecule has 1 N–H and O–H groups in total. The predicted molar refractivity (Wildman–Crippen MR) is 100 cm³/mol. The van der Waals surface area contributed by atoms with Gasteiger partial charge in [0.2, 0.25) is 11.0 Å². The molecular formula is C16H19N3O4S2. The third-order valence-corrected chi connectivity index (χ3v) is 4.91. The number of amides is 1. The van der Waals surface area contributed by atoms with Crippen LogP contribution < -0.4 is 19.5 Å². The van der Waals surface area contributed by atoms with E-state index in [9.17, 15) is 4.79 Å². The Kier molecular flexibility index (Phi) is 7.08. The number of ether oxygens (including phenoxy) is 3. The Labute approximate surface area is 154 Å². The lowest BCUT2D eigenvalue weighted by atomic mass is 10.1. The van der Waals surface area contributed by atoms with E-state index in [-0.39, 0.29) is 5.91 Å². The third kappa shape index (κ3) is 5.10. The molecule has 7 nitrogen and oxygen atoms in total. The average Bonchev–Trinajstić information content (AvgIpc) is 3.06. The Morgan fingerprint density at radius 2 is 1.84 bits per heavy atom. The second-order valence-corrected chi connectivity index (χ2v) is 7.07. The number of carbonyl (C=O) groups excluding carboxylic acids is 1. The number of rotatable bonds is 8. The van der Waals surface area contributed by atoms with Gasteiger partial charge in [-0.2, -0.15) is 0 Å². The molecule has 0 unspecified atom stereocenters. The molecule has 1 aromatic heterocycles. The number of carbonyl (C=O) groups is 1. The van der Waals surface area contributed by atoms with Crippen molar-refractivity contribution in [3.8, 4) is 17.2 Å². The first-order valence-corrected chi connectivity index (χ1v) is 9.16. The summed E-state index contributed by atoms with van der Waals surface area (Å²) in [6, 6.07) is 3.44. The van der Waals surface area contributed by atoms with Gasteiger partial charge in [-0.3, -0.25) is 10.1 Å². The number of aromatic nitrogens is 2. The number of thioether (sulfide) groups is 1. The zero-order valence-corrected chi connectivity index (χ0v) is 16.0. The second-order valence-electron chi connectivity index (χ2n) is 4.58. The normalized spacial score (nSPS) is 10.7. The van der Waals surface area contributed by atoms with E-state index in [2.05, 4.69) is 15.5 Å². The molecule has 2 rings (SSSR count). The fourth-order valence-corrected chi connectivity index (χ4v) is 3.59. The summed E-state index contributed by atoms with van der Waals surface area (Å²) in [6.45, 7) is 2.03. The van der Waals surface area contributed by atoms with E-state index in [1.165, 1.54) is 17.4 Å². The lowest BCUT2D eigenvalue weighted by molar-refractivity contribution is -0.111. The number of nitrogens with one attached hydrogen (secondary N) is 1. The van der Waals surface area contributed by atoms with Gasteiger partial charge in [0, 0.05) is 17.7 Å². The van der Waals surface area contributed by atoms with Gasteiger partial charge in [0.25, 0.3) is 0 Å². The van der Waals surface area contributed by atoms with Crippen molar-refractivity contribution in [3.05, 3.63) is 23.8 Å². The van der Waals surface area contributed by atoms with E-state index < -0.39 is 0 Å². The number of anilines is 1. The van der Waals surface area contributed by atoms with Crippen molar-refractivity contribution in [2.75, 3.05) is 32.4 Å². The van der Waals surface area contributed by atoms with Gasteiger partial charge in [-0.15, -0.1) is 10.2 Å². The summed E-state index contributed by atoms with van der Waals surface area (Å²) in [4.78, 5) is 12.1. The number of hydrogen-bond donors (Lipinski definition) is 1. The fourth-order valence-electron chi connectivity index (χ4n) is 1.94. The van der Waals surface area contributed by atoms with Gasteiger partial charge >= 0.3 is 0 Å². The van der Waals surface area contributed by atoms with Crippen molar-refractivity contribution < 1.29 is 19.0 Å². The van der Waals surface area contributed by atoms with Crippen LogP contribution in [0.15, 0.2) is 22.5 Å². The van der Waals surface area contributed by atoms with Gasteiger partial charge in [0.15, 0.2) is 15.8 Å². The van der Waals surface area contributed by atoms with Crippen molar-refractivity contribution >= 4 is 40.2 Å². The lowest BCUT2D eigenvalue weighted by Crippen LogP contribution is -2.07. The van der Waals surface area contributed by atoms with Crippen LogP contribution in [-0.2, 0) is 4.79 Å². The van der Waals surface area contributed by atoms with E-state index in [1.54, 1.807) is 51.3 Å². The first-order chi connectivity index (χ1) is 12.1. The summed E-state index contributed by atoms with van der Waals surface area (Å²) in [6.07, 6.45) is 3.04. The van der Waals surface area contributed by atoms with Crippen LogP contribution in [0.1, 0.15) is 12.5 Å². The standard InChI is InChI=1S/C16H19N3O4S2/c1-5-24-16-19-18-15(25-16)17-14(20)7-6-10-8-12(22-3)13(23-4)9-11(10)21-2/h6-9H,5H2,1-4H3,(H,17,18,20)/b7-6+. The quantitative estimate of drug-likeness (QED) is 0.427. The summed E-state index contributed by atoms with van der Waals surface area (Å²) in [5.74, 6) is 2.27. The molecule has 1 aromatic carbocycles. The monoisotopic (exact) mass is 381 g/mol. The van der Waals surface area contributed by atoms with Crippen molar-refractivity contribution in [1.29, 1.82) is 0 Å². The molecule has 0 fully saturated rings. The van der Waals surface area contributed by atoms with Crippen LogP contribution in [0.4, 0.5) is 5.13 Å². The molecule has 0 aliphatic heterocycles. The number of nitrogens with zero attached hydrogens (tertiary/aromatic N) is 2. The molecule has 0 radical (unpaired) electrons. The number of benzene rings is 1. The van der Waals surface area contributed by atoms with E-state index in [1.807, 2.05) is 6.92 Å². The van der Waals surface area contributed by atoms with Crippen LogP contribution in [-0.4, -0.2) is 43.2 Å². The lowest BCUT2D eigenvalue weighted by Gasteiger charge is -2.12. The first kappa shape index (κ1) is 19.1. The fraction of sp³-hybridized carbons (Fsp3) is 0.312. The molecule has 0 atom stereocenters. The molecule has 1 amide bonds. The Bertz CT molecular complexity index is 762. The van der Waals surface area contributed by atoms with Crippen LogP contribution in [0.3, 0.4) is 0 Å². The Morgan fingerprint density at radius 1 is 1.16 bits per heavy atom. The second kappa shape index (κ2) is 9.28. The molecule has 0 aliphatic carbocycles. The van der Waals surface area contributed by atoms with Crippen LogP contribution in [0.2, 0.25) is 0 Å². The van der Waals surface area contributed by atoms with Gasteiger partial charge in [0.05, 0.1) is 21.3 Å². The Hall–Kier alpha value is -2.26. The Balaban J connectivity index is 2.12. The summed E-state index contributed by atoms with van der Waals surface area (Å²) < 4.78 is 16.7. The molecular weight excluding hydrogens is 362 g/mol. The topological polar surface area (TPSA) is 82.6 Å². The van der Waals surface area contributed by atoms with Crippen molar-refractivity contribution in [2.24, 2.45) is 0 Å². The largest absolute Gasteiger partial charge is 0.496 e. The van der Waals surface area contributed by atoms with Crippen LogP contribution in [0, 0.1) is 0 Å². The Morgan fingerprint density at radius 3 is 2.48 bits per heavy atom. The minimum absolute atomic E-state index is 0.305. The van der Waals surface area contributed by atoms with E-state index in [0.29, 0.717) is 27.9 Å². The predicted octanol–water partition coefficient (Wildman–Crippen LogP) is 3.33. The van der Waals surface area contributed by atoms with E-state index in [4.69, 9.17) is 14.2 Å². The van der Waals surface area contributed by atoms with Crippen LogP contribution in [0.5, 0.6) is 17.2 Å². The molecule has 0 saturated heterocycles. The minimum Gasteiger partial charge on any atom is -0.496 e. The van der Waals surface area contributed by atoms with Gasteiger partial charge < -0.3 is 14.2 Å². The van der Waals surface area contributed by atoms with Crippen molar-refractivity contribution in [1.82, 2.24) is 10.2 Å². The summed E-state index contributed by atoms with van der Waals surface area (Å²) in [5, 5.41) is 11.1. The molecule has 1 heterocycles. The summed E-state index contributed by atoms with van der Waals surface area (Å²) in [5.41, 5.74) is 0.690. The van der Waals surface area contributed by atoms with E-state index >= 15 is 0 Å². The molecule has 0 bridgehead atoms. The molecule has 0 saturated carbocycles. The smallest absolute Gasteiger partial charge is 0.250 e. The van der Waals surface area contributed by atoms with Gasteiger partial charge in [-0.25, -0.2) is 0 Å². The van der Waals surface area contributed by atoms with Gasteiger partial charge in [0.1, 0.15) is 5.75 Å². The molecule has 2 aromatic rings. The first-order valence-electron chi connectivity index (χ1n) is 7.36. The maximum Gasteiger partial charge on any atom is 0.250 e. The van der Waals surface area contributed by atoms with Crippen molar-refractivity contribution in [3.63, 3.8) is 0 Å². The van der Waals surface area contributed by atoms with E-state index in [0.717, 1.165) is 10.1 Å². The molecule has 9 heteroatoms. The zero-order valence-electron chi connectivity index (χ0n) is 14.4. The van der Waals surface area contributed by atoms with Crippen LogP contribution in [0.25, 0.3) is 6.08 Å². The number of methoxy groups -OCH3 is 3. The molecule has 0 spiro atoms. The SMILES string of the molecule is CCSc1nnc(NC(=O)/C=C/c2cc(OC)c(OC)cc2OC)s1. The van der Waals surface area contributed by atoms with Crippen molar-refractivity contribution in [2.45, 2.75) is 11.3 Å². The van der Waals surface area contributed by atoms with Gasteiger partial charge in [-0.05, 0) is 17.9 Å². The highest BCUT2D eigenvalue weighted by Crippen LogP contribution is 2.35. The highest BCUT2D eigenvalue weighted by atomic mass is 32.2. The zero-order chi connectivity index (χ0) is 18.2. The molecule has 134 valence electrons. The summed E-state index contributed by atoms with van der Waals surface area (Å²) in [7, 11) is 4.64. The summed E-state index contributed by atoms with van der Waals surface area (Å²) >= 11 is 2.92. The van der Waals surface area contributed by atoms with Crippen LogP contribution >= 0.6 is 23.1 Å². The number of hydrogen-bond acceptors (Lipinski definition) is 8. The highest BCUT2D eigenvalue weighted by Gasteiger charge is 2.11.